The number of alkyl halides is 1. The molecule has 0 spiro atoms. The summed E-state index contributed by atoms with van der Waals surface area (Å²) in [4.78, 5) is 0. The van der Waals surface area contributed by atoms with E-state index in [1.165, 1.54) is 19.3 Å². The molecule has 0 amide bonds. The maximum atomic E-state index is 6.54. The van der Waals surface area contributed by atoms with E-state index >= 15 is 0 Å². The number of hydrogen-bond acceptors (Lipinski definition) is 0. The van der Waals surface area contributed by atoms with Crippen LogP contribution in [0.25, 0.3) is 0 Å². The van der Waals surface area contributed by atoms with Gasteiger partial charge in [0.25, 0.3) is 0 Å². The van der Waals surface area contributed by atoms with Crippen molar-refractivity contribution in [1.82, 2.24) is 0 Å². The number of fused-ring (bicyclic) bond motifs is 1. The minimum absolute atomic E-state index is 0.0695. The molecule has 0 aliphatic heterocycles. The number of benzene rings is 1. The molecule has 3 rings (SSSR count). The topological polar surface area (TPSA) is 0 Å². The first kappa shape index (κ1) is 11.2. The summed E-state index contributed by atoms with van der Waals surface area (Å²) < 4.78 is 0. The highest BCUT2D eigenvalue weighted by atomic mass is 35.5. The molecular formula is C13H13Cl3. The van der Waals surface area contributed by atoms with Crippen LogP contribution in [0.3, 0.4) is 0 Å². The average Bonchev–Trinajstić information content (AvgIpc) is 2.71. The molecule has 0 N–H and O–H groups in total. The van der Waals surface area contributed by atoms with E-state index in [1.54, 1.807) is 6.07 Å². The zero-order chi connectivity index (χ0) is 11.3. The highest BCUT2D eigenvalue weighted by Gasteiger charge is 2.55. The fourth-order valence-corrected chi connectivity index (χ4v) is 4.39. The Balaban J connectivity index is 1.82. The van der Waals surface area contributed by atoms with Crippen molar-refractivity contribution in [2.24, 2.45) is 17.8 Å². The second kappa shape index (κ2) is 4.08. The van der Waals surface area contributed by atoms with Gasteiger partial charge in [-0.1, -0.05) is 35.7 Å². The molecule has 3 heteroatoms. The van der Waals surface area contributed by atoms with Gasteiger partial charge < -0.3 is 0 Å². The van der Waals surface area contributed by atoms with Crippen LogP contribution in [0, 0.1) is 17.8 Å². The van der Waals surface area contributed by atoms with Gasteiger partial charge in [-0.15, -0.1) is 11.6 Å². The van der Waals surface area contributed by atoms with Crippen molar-refractivity contribution in [1.29, 1.82) is 0 Å². The zero-order valence-electron chi connectivity index (χ0n) is 8.80. The summed E-state index contributed by atoms with van der Waals surface area (Å²) >= 11 is 18.6. The lowest BCUT2D eigenvalue weighted by molar-refractivity contribution is 0.574. The molecule has 2 saturated carbocycles. The summed E-state index contributed by atoms with van der Waals surface area (Å²) in [6, 6.07) is 5.62. The van der Waals surface area contributed by atoms with Crippen LogP contribution < -0.4 is 0 Å². The average molecular weight is 276 g/mol. The van der Waals surface area contributed by atoms with Crippen molar-refractivity contribution in [3.8, 4) is 0 Å². The van der Waals surface area contributed by atoms with Gasteiger partial charge in [0.05, 0.1) is 5.38 Å². The molecule has 86 valence electrons. The summed E-state index contributed by atoms with van der Waals surface area (Å²) in [5.74, 6) is 2.36. The first-order valence-corrected chi connectivity index (χ1v) is 6.97. The standard InChI is InChI=1S/C13H13Cl3/c14-7-4-5-10(11(15)6-7)13(16)12-8-2-1-3-9(8)12/h4-6,8-9,12-13H,1-3H2. The van der Waals surface area contributed by atoms with Gasteiger partial charge in [-0.2, -0.15) is 0 Å². The highest BCUT2D eigenvalue weighted by Crippen LogP contribution is 2.64. The Hall–Kier alpha value is 0.0900. The highest BCUT2D eigenvalue weighted by molar-refractivity contribution is 6.35. The Labute approximate surface area is 111 Å². The molecule has 0 saturated heterocycles. The summed E-state index contributed by atoms with van der Waals surface area (Å²) in [6.07, 6.45) is 4.08. The summed E-state index contributed by atoms with van der Waals surface area (Å²) in [5, 5.41) is 1.45. The lowest BCUT2D eigenvalue weighted by atomic mass is 10.0. The summed E-state index contributed by atoms with van der Waals surface area (Å²) in [7, 11) is 0. The summed E-state index contributed by atoms with van der Waals surface area (Å²) in [6.45, 7) is 0. The molecular weight excluding hydrogens is 263 g/mol. The van der Waals surface area contributed by atoms with Crippen molar-refractivity contribution < 1.29 is 0 Å². The van der Waals surface area contributed by atoms with E-state index in [1.807, 2.05) is 12.1 Å². The molecule has 2 fully saturated rings. The smallest absolute Gasteiger partial charge is 0.0633 e. The predicted octanol–water partition coefficient (Wildman–Crippen LogP) is 5.32. The number of halogens is 3. The summed E-state index contributed by atoms with van der Waals surface area (Å²) in [5.41, 5.74) is 1.05. The molecule has 3 unspecified atom stereocenters. The van der Waals surface area contributed by atoms with Gasteiger partial charge in [0, 0.05) is 10.0 Å². The van der Waals surface area contributed by atoms with Crippen molar-refractivity contribution in [3.63, 3.8) is 0 Å². The van der Waals surface area contributed by atoms with Crippen molar-refractivity contribution in [2.75, 3.05) is 0 Å². The first-order chi connectivity index (χ1) is 7.68. The molecule has 1 aromatic rings. The van der Waals surface area contributed by atoms with E-state index in [0.29, 0.717) is 16.0 Å². The van der Waals surface area contributed by atoms with Crippen LogP contribution >= 0.6 is 34.8 Å². The zero-order valence-corrected chi connectivity index (χ0v) is 11.1. The third-order valence-corrected chi connectivity index (χ3v) is 5.16. The van der Waals surface area contributed by atoms with Crippen molar-refractivity contribution in [2.45, 2.75) is 24.6 Å². The van der Waals surface area contributed by atoms with Crippen LogP contribution in [-0.2, 0) is 0 Å². The van der Waals surface area contributed by atoms with Gasteiger partial charge in [-0.25, -0.2) is 0 Å². The number of rotatable bonds is 2. The molecule has 16 heavy (non-hydrogen) atoms. The van der Waals surface area contributed by atoms with Crippen LogP contribution in [0.5, 0.6) is 0 Å². The largest absolute Gasteiger partial charge is 0.117 e. The van der Waals surface area contributed by atoms with Gasteiger partial charge in [-0.3, -0.25) is 0 Å². The Morgan fingerprint density at radius 3 is 2.44 bits per heavy atom. The van der Waals surface area contributed by atoms with Gasteiger partial charge in [0.1, 0.15) is 0 Å². The van der Waals surface area contributed by atoms with E-state index in [0.717, 1.165) is 17.4 Å². The van der Waals surface area contributed by atoms with Crippen molar-refractivity contribution >= 4 is 34.8 Å². The molecule has 2 aliphatic rings. The van der Waals surface area contributed by atoms with Gasteiger partial charge in [-0.05, 0) is 48.3 Å². The lowest BCUT2D eigenvalue weighted by Gasteiger charge is -2.13. The van der Waals surface area contributed by atoms with Crippen molar-refractivity contribution in [3.05, 3.63) is 33.8 Å². The molecule has 0 radical (unpaired) electrons. The molecule has 1 aromatic carbocycles. The fraction of sp³-hybridized carbons (Fsp3) is 0.538. The Morgan fingerprint density at radius 2 is 1.81 bits per heavy atom. The molecule has 0 aromatic heterocycles. The quantitative estimate of drug-likeness (QED) is 0.641. The van der Waals surface area contributed by atoms with Crippen LogP contribution in [0.4, 0.5) is 0 Å². The second-order valence-electron chi connectivity index (χ2n) is 4.90. The van der Waals surface area contributed by atoms with E-state index in [-0.39, 0.29) is 5.38 Å². The molecule has 2 aliphatic carbocycles. The van der Waals surface area contributed by atoms with E-state index < -0.39 is 0 Å². The van der Waals surface area contributed by atoms with Crippen LogP contribution in [0.1, 0.15) is 30.2 Å². The SMILES string of the molecule is Clc1ccc(C(Cl)C2C3CCCC32)c(Cl)c1. The normalized spacial score (nSPS) is 33.6. The minimum Gasteiger partial charge on any atom is -0.117 e. The Kier molecular flexibility index (Phi) is 2.86. The van der Waals surface area contributed by atoms with E-state index in [9.17, 15) is 0 Å². The van der Waals surface area contributed by atoms with E-state index in [4.69, 9.17) is 34.8 Å². The third-order valence-electron chi connectivity index (χ3n) is 4.07. The second-order valence-corrected chi connectivity index (χ2v) is 6.22. The fourth-order valence-electron chi connectivity index (χ4n) is 3.24. The first-order valence-electron chi connectivity index (χ1n) is 5.77. The Morgan fingerprint density at radius 1 is 1.12 bits per heavy atom. The van der Waals surface area contributed by atoms with Gasteiger partial charge in [0.15, 0.2) is 0 Å². The third kappa shape index (κ3) is 1.75. The molecule has 0 nitrogen and oxygen atoms in total. The number of hydrogen-bond donors (Lipinski definition) is 0. The Bertz CT molecular complexity index is 406. The maximum absolute atomic E-state index is 6.54. The van der Waals surface area contributed by atoms with Crippen LogP contribution in [0.15, 0.2) is 18.2 Å². The molecule has 3 atom stereocenters. The van der Waals surface area contributed by atoms with Gasteiger partial charge >= 0.3 is 0 Å². The molecule has 0 bridgehead atoms. The van der Waals surface area contributed by atoms with E-state index in [2.05, 4.69) is 0 Å². The van der Waals surface area contributed by atoms with Crippen LogP contribution in [-0.4, -0.2) is 0 Å². The molecule has 0 heterocycles. The van der Waals surface area contributed by atoms with Gasteiger partial charge in [0.2, 0.25) is 0 Å². The predicted molar refractivity (Wildman–Crippen MR) is 69.4 cm³/mol. The maximum Gasteiger partial charge on any atom is 0.0633 e. The lowest BCUT2D eigenvalue weighted by Crippen LogP contribution is -1.99. The van der Waals surface area contributed by atoms with Crippen LogP contribution in [0.2, 0.25) is 10.0 Å². The minimum atomic E-state index is 0.0695. The monoisotopic (exact) mass is 274 g/mol.